The lowest BCUT2D eigenvalue weighted by Crippen LogP contribution is -2.35. The molecule has 1 aromatic carbocycles. The van der Waals surface area contributed by atoms with E-state index in [1.807, 2.05) is 6.07 Å². The molecule has 0 saturated carbocycles. The minimum atomic E-state index is -0.935. The zero-order valence-corrected chi connectivity index (χ0v) is 12.4. The standard InChI is InChI=1S/C13H16BrNO4/c1-8(5-13(17)18)15-12(16)7-9-6-10(19-2)3-4-11(9)14/h3-4,6,8H,5,7H2,1-2H3,(H,15,16)(H,17,18). The molecule has 5 nitrogen and oxygen atoms in total. The number of benzene rings is 1. The van der Waals surface area contributed by atoms with Crippen LogP contribution in [0.4, 0.5) is 0 Å². The molecule has 1 rings (SSSR count). The van der Waals surface area contributed by atoms with Crippen LogP contribution in [0.1, 0.15) is 18.9 Å². The molecule has 19 heavy (non-hydrogen) atoms. The van der Waals surface area contributed by atoms with Crippen molar-refractivity contribution in [2.75, 3.05) is 7.11 Å². The van der Waals surface area contributed by atoms with Gasteiger partial charge in [-0.15, -0.1) is 0 Å². The largest absolute Gasteiger partial charge is 0.497 e. The average molecular weight is 330 g/mol. The number of ether oxygens (including phenoxy) is 1. The fourth-order valence-electron chi connectivity index (χ4n) is 1.63. The van der Waals surface area contributed by atoms with Crippen molar-refractivity contribution in [3.05, 3.63) is 28.2 Å². The first-order chi connectivity index (χ1) is 8.92. The van der Waals surface area contributed by atoms with Crippen molar-refractivity contribution >= 4 is 27.8 Å². The number of nitrogens with one attached hydrogen (secondary N) is 1. The third kappa shape index (κ3) is 5.30. The van der Waals surface area contributed by atoms with Crippen molar-refractivity contribution in [2.24, 2.45) is 0 Å². The van der Waals surface area contributed by atoms with E-state index in [4.69, 9.17) is 9.84 Å². The van der Waals surface area contributed by atoms with Crippen LogP contribution < -0.4 is 10.1 Å². The van der Waals surface area contributed by atoms with Gasteiger partial charge in [-0.25, -0.2) is 0 Å². The van der Waals surface area contributed by atoms with Crippen LogP contribution in [-0.4, -0.2) is 30.1 Å². The Balaban J connectivity index is 2.63. The number of methoxy groups -OCH3 is 1. The summed E-state index contributed by atoms with van der Waals surface area (Å²) >= 11 is 3.36. The fourth-order valence-corrected chi connectivity index (χ4v) is 2.01. The first-order valence-corrected chi connectivity index (χ1v) is 6.55. The molecule has 0 aliphatic rings. The minimum absolute atomic E-state index is 0.0922. The number of amides is 1. The number of halogens is 1. The first-order valence-electron chi connectivity index (χ1n) is 5.76. The van der Waals surface area contributed by atoms with E-state index in [-0.39, 0.29) is 18.7 Å². The van der Waals surface area contributed by atoms with Crippen LogP contribution in [0.2, 0.25) is 0 Å². The monoisotopic (exact) mass is 329 g/mol. The summed E-state index contributed by atoms with van der Waals surface area (Å²) in [4.78, 5) is 22.3. The highest BCUT2D eigenvalue weighted by atomic mass is 79.9. The van der Waals surface area contributed by atoms with Gasteiger partial charge in [-0.3, -0.25) is 9.59 Å². The van der Waals surface area contributed by atoms with Crippen LogP contribution in [0.25, 0.3) is 0 Å². The number of rotatable bonds is 6. The SMILES string of the molecule is COc1ccc(Br)c(CC(=O)NC(C)CC(=O)O)c1. The van der Waals surface area contributed by atoms with E-state index in [2.05, 4.69) is 21.2 Å². The van der Waals surface area contributed by atoms with E-state index < -0.39 is 12.0 Å². The van der Waals surface area contributed by atoms with Gasteiger partial charge in [-0.1, -0.05) is 15.9 Å². The molecule has 104 valence electrons. The minimum Gasteiger partial charge on any atom is -0.497 e. The summed E-state index contributed by atoms with van der Waals surface area (Å²) < 4.78 is 5.91. The van der Waals surface area contributed by atoms with Crippen molar-refractivity contribution in [2.45, 2.75) is 25.8 Å². The number of hydrogen-bond acceptors (Lipinski definition) is 3. The molecule has 0 radical (unpaired) electrons. The summed E-state index contributed by atoms with van der Waals surface area (Å²) in [6, 6.07) is 4.97. The van der Waals surface area contributed by atoms with Gasteiger partial charge in [0.2, 0.25) is 5.91 Å². The summed E-state index contributed by atoms with van der Waals surface area (Å²) in [5.74, 6) is -0.484. The van der Waals surface area contributed by atoms with Gasteiger partial charge in [0.15, 0.2) is 0 Å². The van der Waals surface area contributed by atoms with Crippen LogP contribution >= 0.6 is 15.9 Å². The van der Waals surface area contributed by atoms with E-state index in [1.54, 1.807) is 26.2 Å². The maximum atomic E-state index is 11.8. The second-order valence-corrected chi connectivity index (χ2v) is 5.05. The van der Waals surface area contributed by atoms with Gasteiger partial charge in [0.1, 0.15) is 5.75 Å². The van der Waals surface area contributed by atoms with E-state index in [0.717, 1.165) is 10.0 Å². The highest BCUT2D eigenvalue weighted by Crippen LogP contribution is 2.22. The third-order valence-electron chi connectivity index (χ3n) is 2.49. The summed E-state index contributed by atoms with van der Waals surface area (Å²) in [6.45, 7) is 1.66. The quantitative estimate of drug-likeness (QED) is 0.836. The molecule has 0 heterocycles. The second-order valence-electron chi connectivity index (χ2n) is 4.20. The average Bonchev–Trinajstić information content (AvgIpc) is 2.30. The van der Waals surface area contributed by atoms with Gasteiger partial charge in [-0.2, -0.15) is 0 Å². The zero-order valence-electron chi connectivity index (χ0n) is 10.8. The molecule has 2 N–H and O–H groups in total. The molecule has 1 unspecified atom stereocenters. The number of carbonyl (C=O) groups is 2. The predicted molar refractivity (Wildman–Crippen MR) is 74.3 cm³/mol. The third-order valence-corrected chi connectivity index (χ3v) is 3.27. The van der Waals surface area contributed by atoms with E-state index in [1.165, 1.54) is 0 Å². The summed E-state index contributed by atoms with van der Waals surface area (Å²) in [7, 11) is 1.56. The number of hydrogen-bond donors (Lipinski definition) is 2. The Morgan fingerprint density at radius 1 is 1.47 bits per heavy atom. The molecule has 6 heteroatoms. The first kappa shape index (κ1) is 15.5. The van der Waals surface area contributed by atoms with Crippen molar-refractivity contribution in [1.29, 1.82) is 0 Å². The summed E-state index contributed by atoms with van der Waals surface area (Å²) in [6.07, 6.45) is 0.0762. The molecule has 1 atom stereocenters. The Kier molecular flexibility index (Phi) is 5.82. The van der Waals surface area contributed by atoms with Crippen LogP contribution in [-0.2, 0) is 16.0 Å². The maximum absolute atomic E-state index is 11.8. The van der Waals surface area contributed by atoms with E-state index in [9.17, 15) is 9.59 Å². The highest BCUT2D eigenvalue weighted by molar-refractivity contribution is 9.10. The van der Waals surface area contributed by atoms with Gasteiger partial charge >= 0.3 is 5.97 Å². The van der Waals surface area contributed by atoms with Crippen molar-refractivity contribution < 1.29 is 19.4 Å². The van der Waals surface area contributed by atoms with Crippen LogP contribution in [0, 0.1) is 0 Å². The Labute approximate surface area is 120 Å². The molecule has 0 aliphatic heterocycles. The number of carbonyl (C=O) groups excluding carboxylic acids is 1. The number of carboxylic acid groups (broad SMARTS) is 1. The zero-order chi connectivity index (χ0) is 14.4. The van der Waals surface area contributed by atoms with Gasteiger partial charge in [-0.05, 0) is 30.7 Å². The van der Waals surface area contributed by atoms with Gasteiger partial charge in [0.25, 0.3) is 0 Å². The lowest BCUT2D eigenvalue weighted by Gasteiger charge is -2.12. The molecule has 1 amide bonds. The molecular formula is C13H16BrNO4. The Morgan fingerprint density at radius 2 is 2.16 bits per heavy atom. The molecule has 1 aromatic rings. The molecular weight excluding hydrogens is 314 g/mol. The maximum Gasteiger partial charge on any atom is 0.305 e. The van der Waals surface area contributed by atoms with Crippen molar-refractivity contribution in [3.8, 4) is 5.75 Å². The Bertz CT molecular complexity index is 476. The lowest BCUT2D eigenvalue weighted by molar-refractivity contribution is -0.137. The normalized spacial score (nSPS) is 11.7. The molecule has 0 aliphatic carbocycles. The highest BCUT2D eigenvalue weighted by Gasteiger charge is 2.13. The smallest absolute Gasteiger partial charge is 0.305 e. The van der Waals surface area contributed by atoms with Crippen molar-refractivity contribution in [3.63, 3.8) is 0 Å². The topological polar surface area (TPSA) is 75.6 Å². The van der Waals surface area contributed by atoms with Crippen LogP contribution in [0.15, 0.2) is 22.7 Å². The van der Waals surface area contributed by atoms with Gasteiger partial charge in [0, 0.05) is 10.5 Å². The molecule has 0 aromatic heterocycles. The lowest BCUT2D eigenvalue weighted by atomic mass is 10.1. The van der Waals surface area contributed by atoms with E-state index >= 15 is 0 Å². The molecule has 0 bridgehead atoms. The summed E-state index contributed by atoms with van der Waals surface area (Å²) in [5.41, 5.74) is 0.791. The van der Waals surface area contributed by atoms with Crippen LogP contribution in [0.3, 0.4) is 0 Å². The van der Waals surface area contributed by atoms with Gasteiger partial charge in [0.05, 0.1) is 20.0 Å². The van der Waals surface area contributed by atoms with Crippen molar-refractivity contribution in [1.82, 2.24) is 5.32 Å². The Hall–Kier alpha value is -1.56. The summed E-state index contributed by atoms with van der Waals surface area (Å²) in [5, 5.41) is 11.3. The fraction of sp³-hybridized carbons (Fsp3) is 0.385. The molecule has 0 fully saturated rings. The molecule has 0 saturated heterocycles. The number of carboxylic acids is 1. The van der Waals surface area contributed by atoms with Crippen LogP contribution in [0.5, 0.6) is 5.75 Å². The predicted octanol–water partition coefficient (Wildman–Crippen LogP) is 1.98. The molecule has 0 spiro atoms. The van der Waals surface area contributed by atoms with Gasteiger partial charge < -0.3 is 15.2 Å². The number of aliphatic carboxylic acids is 1. The Morgan fingerprint density at radius 3 is 2.74 bits per heavy atom. The van der Waals surface area contributed by atoms with E-state index in [0.29, 0.717) is 5.75 Å². The second kappa shape index (κ2) is 7.13.